The lowest BCUT2D eigenvalue weighted by molar-refractivity contribution is -0.0562. The summed E-state index contributed by atoms with van der Waals surface area (Å²) in [6.45, 7) is 25.0. The highest BCUT2D eigenvalue weighted by molar-refractivity contribution is 6.77. The number of allylic oxidation sites excluding steroid dienone is 1. The minimum absolute atomic E-state index is 0.441. The molecule has 3 saturated carbocycles. The van der Waals surface area contributed by atoms with Crippen molar-refractivity contribution in [3.05, 3.63) is 11.6 Å². The van der Waals surface area contributed by atoms with E-state index in [1.165, 1.54) is 57.8 Å². The van der Waals surface area contributed by atoms with Gasteiger partial charge in [0.25, 0.3) is 0 Å². The van der Waals surface area contributed by atoms with Crippen molar-refractivity contribution in [1.29, 1.82) is 0 Å². The Bertz CT molecular complexity index is 730. The largest absolute Gasteiger partial charge is 0.413 e. The third kappa shape index (κ3) is 4.04. The monoisotopic (exact) mass is 486 g/mol. The Morgan fingerprint density at radius 1 is 0.882 bits per heavy atom. The zero-order valence-electron chi connectivity index (χ0n) is 24.5. The summed E-state index contributed by atoms with van der Waals surface area (Å²) in [5.41, 5.74) is 4.89. The van der Waals surface area contributed by atoms with Crippen LogP contribution in [0.15, 0.2) is 11.6 Å². The summed E-state index contributed by atoms with van der Waals surface area (Å²) < 4.78 is 7.33. The molecule has 0 radical (unpaired) electrons. The highest BCUT2D eigenvalue weighted by Gasteiger charge is 2.59. The van der Waals surface area contributed by atoms with Gasteiger partial charge in [-0.1, -0.05) is 87.3 Å². The molecule has 0 unspecified atom stereocenters. The van der Waals surface area contributed by atoms with Crippen LogP contribution in [0.4, 0.5) is 0 Å². The van der Waals surface area contributed by atoms with Gasteiger partial charge in [0, 0.05) is 6.10 Å². The molecular weight excluding hydrogens is 428 g/mol. The van der Waals surface area contributed by atoms with E-state index in [1.54, 1.807) is 5.57 Å². The van der Waals surface area contributed by atoms with Crippen LogP contribution >= 0.6 is 0 Å². The van der Waals surface area contributed by atoms with Gasteiger partial charge in [0.05, 0.1) is 0 Å². The average molecular weight is 487 g/mol. The molecule has 0 heterocycles. The zero-order chi connectivity index (χ0) is 25.1. The van der Waals surface area contributed by atoms with E-state index in [1.807, 2.05) is 0 Å². The van der Waals surface area contributed by atoms with Gasteiger partial charge >= 0.3 is 0 Å². The standard InChI is InChI=1S/C32H58OSi/c1-11-24(8)28-14-15-29-27-13-12-25-20-26(33-34(21(2)3,22(4)5)23(6)7)16-18-31(25,9)30(27)17-19-32(28,29)10/h12,21-24,26-30H,11,13-20H2,1-10H3/t24-,26+,27+,28-,29+,30+,31+,32-/m1/s1. The van der Waals surface area contributed by atoms with Crippen LogP contribution < -0.4 is 0 Å². The van der Waals surface area contributed by atoms with Crippen LogP contribution in [0, 0.1) is 40.4 Å². The number of hydrogen-bond donors (Lipinski definition) is 0. The topological polar surface area (TPSA) is 9.23 Å². The molecular formula is C32H58OSi. The molecule has 2 heteroatoms. The lowest BCUT2D eigenvalue weighted by atomic mass is 9.47. The molecule has 4 aliphatic carbocycles. The van der Waals surface area contributed by atoms with E-state index in [0.717, 1.165) is 29.6 Å². The maximum atomic E-state index is 7.33. The number of hydrogen-bond acceptors (Lipinski definition) is 1. The molecule has 8 atom stereocenters. The highest BCUT2D eigenvalue weighted by atomic mass is 28.4. The van der Waals surface area contributed by atoms with Crippen LogP contribution in [0.3, 0.4) is 0 Å². The molecule has 0 aromatic rings. The zero-order valence-corrected chi connectivity index (χ0v) is 25.5. The van der Waals surface area contributed by atoms with E-state index < -0.39 is 8.32 Å². The predicted molar refractivity (Wildman–Crippen MR) is 151 cm³/mol. The SMILES string of the molecule is CC[C@@H](C)[C@H]1CC[C@H]2[C@@H]3CC=C4C[C@@H](O[Si](C(C)C)(C(C)C)C(C)C)CC[C@]4(C)[C@H]3CC[C@]12C. The first kappa shape index (κ1) is 27.0. The molecule has 34 heavy (non-hydrogen) atoms. The van der Waals surface area contributed by atoms with Gasteiger partial charge in [-0.25, -0.2) is 0 Å². The molecule has 0 amide bonds. The first-order chi connectivity index (χ1) is 15.9. The molecule has 196 valence electrons. The predicted octanol–water partition coefficient (Wildman–Crippen LogP) is 10.2. The van der Waals surface area contributed by atoms with Crippen LogP contribution in [0.2, 0.25) is 16.6 Å². The Kier molecular flexibility index (Phi) is 7.66. The molecule has 0 aliphatic heterocycles. The average Bonchev–Trinajstić information content (AvgIpc) is 3.13. The molecule has 0 aromatic heterocycles. The Labute approximate surface area is 214 Å². The maximum absolute atomic E-state index is 7.33. The van der Waals surface area contributed by atoms with Crippen molar-refractivity contribution in [2.45, 2.75) is 150 Å². The summed E-state index contributed by atoms with van der Waals surface area (Å²) in [5, 5.41) is 0. The van der Waals surface area contributed by atoms with E-state index in [0.29, 0.717) is 33.6 Å². The van der Waals surface area contributed by atoms with E-state index in [2.05, 4.69) is 75.3 Å². The summed E-state index contributed by atoms with van der Waals surface area (Å²) in [7, 11) is -1.81. The third-order valence-corrected chi connectivity index (χ3v) is 18.7. The summed E-state index contributed by atoms with van der Waals surface area (Å²) in [4.78, 5) is 0. The summed E-state index contributed by atoms with van der Waals surface area (Å²) >= 11 is 0. The van der Waals surface area contributed by atoms with Gasteiger partial charge in [-0.2, -0.15) is 0 Å². The van der Waals surface area contributed by atoms with E-state index in [9.17, 15) is 0 Å². The van der Waals surface area contributed by atoms with Crippen LogP contribution in [-0.4, -0.2) is 14.4 Å². The van der Waals surface area contributed by atoms with Gasteiger partial charge in [0.2, 0.25) is 8.32 Å². The molecule has 0 bridgehead atoms. The van der Waals surface area contributed by atoms with Crippen molar-refractivity contribution in [3.8, 4) is 0 Å². The Hall–Kier alpha value is -0.0831. The second kappa shape index (κ2) is 9.66. The Balaban J connectivity index is 1.54. The van der Waals surface area contributed by atoms with Gasteiger partial charge in [0.1, 0.15) is 0 Å². The molecule has 4 rings (SSSR count). The molecule has 1 nitrogen and oxygen atoms in total. The van der Waals surface area contributed by atoms with Crippen molar-refractivity contribution in [2.24, 2.45) is 40.4 Å². The summed E-state index contributed by atoms with van der Waals surface area (Å²) in [6, 6.07) is 0. The van der Waals surface area contributed by atoms with E-state index in [4.69, 9.17) is 4.43 Å². The van der Waals surface area contributed by atoms with Crippen molar-refractivity contribution in [2.75, 3.05) is 0 Å². The highest BCUT2D eigenvalue weighted by Crippen LogP contribution is 2.67. The lowest BCUT2D eigenvalue weighted by Crippen LogP contribution is -2.53. The van der Waals surface area contributed by atoms with Gasteiger partial charge < -0.3 is 4.43 Å². The maximum Gasteiger partial charge on any atom is 0.200 e. The van der Waals surface area contributed by atoms with Gasteiger partial charge in [0.15, 0.2) is 0 Å². The molecule has 0 spiro atoms. The number of fused-ring (bicyclic) bond motifs is 5. The molecule has 3 fully saturated rings. The fourth-order valence-electron chi connectivity index (χ4n) is 10.7. The van der Waals surface area contributed by atoms with Crippen LogP contribution in [0.5, 0.6) is 0 Å². The van der Waals surface area contributed by atoms with E-state index >= 15 is 0 Å². The van der Waals surface area contributed by atoms with Gasteiger partial charge in [-0.05, 0) is 108 Å². The third-order valence-electron chi connectivity index (χ3n) is 12.5. The molecule has 0 aromatic carbocycles. The van der Waals surface area contributed by atoms with Crippen molar-refractivity contribution < 1.29 is 4.43 Å². The van der Waals surface area contributed by atoms with E-state index in [-0.39, 0.29) is 0 Å². The first-order valence-corrected chi connectivity index (χ1v) is 17.4. The Morgan fingerprint density at radius 3 is 2.12 bits per heavy atom. The second-order valence-electron chi connectivity index (χ2n) is 14.7. The van der Waals surface area contributed by atoms with Crippen LogP contribution in [-0.2, 0) is 4.43 Å². The van der Waals surface area contributed by atoms with Crippen LogP contribution in [0.1, 0.15) is 127 Å². The lowest BCUT2D eigenvalue weighted by Gasteiger charge is -2.59. The van der Waals surface area contributed by atoms with Crippen LogP contribution in [0.25, 0.3) is 0 Å². The molecule has 4 aliphatic rings. The quantitative estimate of drug-likeness (QED) is 0.257. The van der Waals surface area contributed by atoms with Gasteiger partial charge in [-0.3, -0.25) is 0 Å². The fourth-order valence-corrected chi connectivity index (χ4v) is 16.3. The Morgan fingerprint density at radius 2 is 1.53 bits per heavy atom. The smallest absolute Gasteiger partial charge is 0.200 e. The van der Waals surface area contributed by atoms with Gasteiger partial charge in [-0.15, -0.1) is 0 Å². The minimum Gasteiger partial charge on any atom is -0.413 e. The fraction of sp³-hybridized carbons (Fsp3) is 0.938. The minimum atomic E-state index is -1.81. The summed E-state index contributed by atoms with van der Waals surface area (Å²) in [6.07, 6.45) is 15.8. The van der Waals surface area contributed by atoms with Crippen molar-refractivity contribution in [1.82, 2.24) is 0 Å². The molecule has 0 N–H and O–H groups in total. The first-order valence-electron chi connectivity index (χ1n) is 15.3. The number of rotatable bonds is 7. The van der Waals surface area contributed by atoms with Crippen molar-refractivity contribution in [3.63, 3.8) is 0 Å². The second-order valence-corrected chi connectivity index (χ2v) is 20.1. The molecule has 0 saturated heterocycles. The van der Waals surface area contributed by atoms with Crippen molar-refractivity contribution >= 4 is 8.32 Å². The normalized spacial score (nSPS) is 41.3. The summed E-state index contributed by atoms with van der Waals surface area (Å²) in [5.74, 6) is 4.69.